The number of nitrogens with zero attached hydrogens (tertiary/aromatic N) is 1. The standard InChI is InChI=1S/C12H18N2O2S/c1-8-5-9(13)3-4-14(8)12(15)11-6-10(16-2)7-17-11/h6-9H,3-5,13H2,1-2H3/t8-,9-/m1/s1. The van der Waals surface area contributed by atoms with Gasteiger partial charge in [-0.05, 0) is 19.8 Å². The van der Waals surface area contributed by atoms with Gasteiger partial charge in [0.05, 0.1) is 12.0 Å². The lowest BCUT2D eigenvalue weighted by molar-refractivity contribution is 0.0624. The Bertz CT molecular complexity index is 405. The summed E-state index contributed by atoms with van der Waals surface area (Å²) < 4.78 is 5.10. The Balaban J connectivity index is 2.09. The molecule has 1 amide bonds. The molecule has 2 heterocycles. The molecule has 2 atom stereocenters. The molecule has 94 valence electrons. The van der Waals surface area contributed by atoms with E-state index in [0.717, 1.165) is 30.0 Å². The molecule has 2 rings (SSSR count). The lowest BCUT2D eigenvalue weighted by atomic mass is 9.99. The molecule has 1 aromatic heterocycles. The average Bonchev–Trinajstić information content (AvgIpc) is 2.76. The van der Waals surface area contributed by atoms with Gasteiger partial charge in [0, 0.05) is 30.1 Å². The van der Waals surface area contributed by atoms with Crippen LogP contribution in [0.25, 0.3) is 0 Å². The van der Waals surface area contributed by atoms with E-state index < -0.39 is 0 Å². The molecule has 2 N–H and O–H groups in total. The highest BCUT2D eigenvalue weighted by Crippen LogP contribution is 2.25. The smallest absolute Gasteiger partial charge is 0.264 e. The van der Waals surface area contributed by atoms with Gasteiger partial charge in [0.2, 0.25) is 0 Å². The van der Waals surface area contributed by atoms with Crippen LogP contribution in [0, 0.1) is 0 Å². The SMILES string of the molecule is COc1csc(C(=O)N2CC[C@@H](N)C[C@H]2C)c1. The van der Waals surface area contributed by atoms with Crippen molar-refractivity contribution in [2.45, 2.75) is 31.8 Å². The predicted octanol–water partition coefficient (Wildman–Crippen LogP) is 1.71. The Morgan fingerprint density at radius 1 is 1.65 bits per heavy atom. The summed E-state index contributed by atoms with van der Waals surface area (Å²) in [4.78, 5) is 14.9. The van der Waals surface area contributed by atoms with Crippen LogP contribution in [0.15, 0.2) is 11.4 Å². The predicted molar refractivity (Wildman–Crippen MR) is 68.6 cm³/mol. The Hall–Kier alpha value is -1.07. The largest absolute Gasteiger partial charge is 0.496 e. The third-order valence-corrected chi connectivity index (χ3v) is 4.10. The van der Waals surface area contributed by atoms with E-state index in [4.69, 9.17) is 10.5 Å². The molecule has 0 saturated carbocycles. The second kappa shape index (κ2) is 5.06. The fourth-order valence-electron chi connectivity index (χ4n) is 2.19. The topological polar surface area (TPSA) is 55.6 Å². The maximum atomic E-state index is 12.3. The normalized spacial score (nSPS) is 24.8. The van der Waals surface area contributed by atoms with Gasteiger partial charge in [-0.1, -0.05) is 0 Å². The summed E-state index contributed by atoms with van der Waals surface area (Å²) in [5.74, 6) is 0.845. The summed E-state index contributed by atoms with van der Waals surface area (Å²) in [7, 11) is 1.61. The lowest BCUT2D eigenvalue weighted by Crippen LogP contribution is -2.48. The first-order valence-corrected chi connectivity index (χ1v) is 6.69. The highest BCUT2D eigenvalue weighted by atomic mass is 32.1. The maximum Gasteiger partial charge on any atom is 0.264 e. The number of ether oxygens (including phenoxy) is 1. The molecule has 0 unspecified atom stereocenters. The summed E-state index contributed by atoms with van der Waals surface area (Å²) in [6, 6.07) is 2.25. The average molecular weight is 254 g/mol. The molecular weight excluding hydrogens is 236 g/mol. The fraction of sp³-hybridized carbons (Fsp3) is 0.583. The van der Waals surface area contributed by atoms with E-state index in [9.17, 15) is 4.79 Å². The molecule has 1 saturated heterocycles. The van der Waals surface area contributed by atoms with Gasteiger partial charge in [-0.2, -0.15) is 0 Å². The van der Waals surface area contributed by atoms with E-state index in [1.165, 1.54) is 11.3 Å². The van der Waals surface area contributed by atoms with Crippen LogP contribution in [0.3, 0.4) is 0 Å². The Morgan fingerprint density at radius 3 is 3.00 bits per heavy atom. The first kappa shape index (κ1) is 12.4. The zero-order valence-electron chi connectivity index (χ0n) is 10.2. The number of carbonyl (C=O) groups is 1. The third kappa shape index (κ3) is 2.61. The number of likely N-dealkylation sites (tertiary alicyclic amines) is 1. The minimum absolute atomic E-state index is 0.0951. The Morgan fingerprint density at radius 2 is 2.41 bits per heavy atom. The number of hydrogen-bond acceptors (Lipinski definition) is 4. The van der Waals surface area contributed by atoms with Gasteiger partial charge in [-0.3, -0.25) is 4.79 Å². The zero-order chi connectivity index (χ0) is 12.4. The first-order chi connectivity index (χ1) is 8.11. The number of piperidine rings is 1. The van der Waals surface area contributed by atoms with E-state index in [0.29, 0.717) is 0 Å². The van der Waals surface area contributed by atoms with Crippen molar-refractivity contribution in [1.29, 1.82) is 0 Å². The van der Waals surface area contributed by atoms with Crippen molar-refractivity contribution in [3.8, 4) is 5.75 Å². The second-order valence-electron chi connectivity index (χ2n) is 4.48. The van der Waals surface area contributed by atoms with Gasteiger partial charge in [0.1, 0.15) is 5.75 Å². The lowest BCUT2D eigenvalue weighted by Gasteiger charge is -2.36. The van der Waals surface area contributed by atoms with Gasteiger partial charge in [-0.15, -0.1) is 11.3 Å². The quantitative estimate of drug-likeness (QED) is 0.874. The second-order valence-corrected chi connectivity index (χ2v) is 5.39. The van der Waals surface area contributed by atoms with Crippen LogP contribution in [0.2, 0.25) is 0 Å². The monoisotopic (exact) mass is 254 g/mol. The fourth-order valence-corrected chi connectivity index (χ4v) is 3.00. The van der Waals surface area contributed by atoms with Crippen LogP contribution in [0.5, 0.6) is 5.75 Å². The van der Waals surface area contributed by atoms with Crippen LogP contribution in [0.1, 0.15) is 29.4 Å². The molecule has 0 aromatic carbocycles. The maximum absolute atomic E-state index is 12.3. The van der Waals surface area contributed by atoms with Crippen LogP contribution < -0.4 is 10.5 Å². The van der Waals surface area contributed by atoms with Crippen LogP contribution in [0.4, 0.5) is 0 Å². The number of rotatable bonds is 2. The molecule has 17 heavy (non-hydrogen) atoms. The summed E-state index contributed by atoms with van der Waals surface area (Å²) >= 11 is 1.43. The van der Waals surface area contributed by atoms with Crippen LogP contribution in [-0.2, 0) is 0 Å². The zero-order valence-corrected chi connectivity index (χ0v) is 11.0. The summed E-state index contributed by atoms with van der Waals surface area (Å²) in [5, 5.41) is 1.85. The number of thiophene rings is 1. The Labute approximate surface area is 105 Å². The molecule has 1 aliphatic heterocycles. The minimum atomic E-state index is 0.0951. The molecule has 1 fully saturated rings. The molecule has 4 nitrogen and oxygen atoms in total. The van der Waals surface area contributed by atoms with Crippen molar-refractivity contribution >= 4 is 17.2 Å². The number of nitrogens with two attached hydrogens (primary N) is 1. The highest BCUT2D eigenvalue weighted by molar-refractivity contribution is 7.12. The van der Waals surface area contributed by atoms with Crippen molar-refractivity contribution < 1.29 is 9.53 Å². The first-order valence-electron chi connectivity index (χ1n) is 5.81. The number of carbonyl (C=O) groups excluding carboxylic acids is 1. The molecule has 0 radical (unpaired) electrons. The molecule has 1 aliphatic rings. The van der Waals surface area contributed by atoms with Crippen molar-refractivity contribution in [2.24, 2.45) is 5.73 Å². The van der Waals surface area contributed by atoms with E-state index in [2.05, 4.69) is 6.92 Å². The third-order valence-electron chi connectivity index (χ3n) is 3.20. The number of hydrogen-bond donors (Lipinski definition) is 1. The van der Waals surface area contributed by atoms with Crippen molar-refractivity contribution in [3.05, 3.63) is 16.3 Å². The summed E-state index contributed by atoms with van der Waals surface area (Å²) in [6.07, 6.45) is 1.77. The van der Waals surface area contributed by atoms with Crippen molar-refractivity contribution in [2.75, 3.05) is 13.7 Å². The molecule has 0 spiro atoms. The highest BCUT2D eigenvalue weighted by Gasteiger charge is 2.28. The van der Waals surface area contributed by atoms with E-state index in [1.54, 1.807) is 13.2 Å². The molecule has 0 aliphatic carbocycles. The number of amides is 1. The number of methoxy groups -OCH3 is 1. The van der Waals surface area contributed by atoms with Gasteiger partial charge in [-0.25, -0.2) is 0 Å². The van der Waals surface area contributed by atoms with Gasteiger partial charge in [0.25, 0.3) is 5.91 Å². The molecule has 1 aromatic rings. The van der Waals surface area contributed by atoms with E-state index in [1.807, 2.05) is 10.3 Å². The van der Waals surface area contributed by atoms with Crippen molar-refractivity contribution in [1.82, 2.24) is 4.90 Å². The summed E-state index contributed by atoms with van der Waals surface area (Å²) in [5.41, 5.74) is 5.90. The Kier molecular flexibility index (Phi) is 3.69. The molecule has 0 bridgehead atoms. The van der Waals surface area contributed by atoms with E-state index >= 15 is 0 Å². The van der Waals surface area contributed by atoms with E-state index in [-0.39, 0.29) is 18.0 Å². The van der Waals surface area contributed by atoms with Gasteiger partial charge in [0.15, 0.2) is 0 Å². The molecular formula is C12H18N2O2S. The molecule has 5 heteroatoms. The minimum Gasteiger partial charge on any atom is -0.496 e. The van der Waals surface area contributed by atoms with Gasteiger partial charge >= 0.3 is 0 Å². The van der Waals surface area contributed by atoms with Crippen LogP contribution in [-0.4, -0.2) is 36.5 Å². The van der Waals surface area contributed by atoms with Gasteiger partial charge < -0.3 is 15.4 Å². The van der Waals surface area contributed by atoms with Crippen LogP contribution >= 0.6 is 11.3 Å². The van der Waals surface area contributed by atoms with Crippen molar-refractivity contribution in [3.63, 3.8) is 0 Å². The summed E-state index contributed by atoms with van der Waals surface area (Å²) in [6.45, 7) is 2.81.